The number of benzene rings is 2. The van der Waals surface area contributed by atoms with E-state index >= 15 is 0 Å². The minimum absolute atomic E-state index is 0.114. The Morgan fingerprint density at radius 2 is 2.05 bits per heavy atom. The van der Waals surface area contributed by atoms with Crippen LogP contribution in [0.1, 0.15) is 15.9 Å². The molecule has 0 saturated heterocycles. The maximum absolute atomic E-state index is 13.1. The second kappa shape index (κ2) is 6.24. The molecule has 0 aliphatic carbocycles. The zero-order chi connectivity index (χ0) is 14.7. The summed E-state index contributed by atoms with van der Waals surface area (Å²) in [6.07, 6.45) is 0. The van der Waals surface area contributed by atoms with E-state index < -0.39 is 5.97 Å². The lowest BCUT2D eigenvalue weighted by molar-refractivity contribution is 0.0697. The molecule has 3 nitrogen and oxygen atoms in total. The maximum atomic E-state index is 13.1. The third kappa shape index (κ3) is 3.49. The minimum Gasteiger partial charge on any atom is -0.489 e. The van der Waals surface area contributed by atoms with E-state index in [1.807, 2.05) is 0 Å². The van der Waals surface area contributed by atoms with Gasteiger partial charge in [-0.05, 0) is 46.3 Å². The number of carbonyl (C=O) groups is 1. The molecule has 0 radical (unpaired) electrons. The van der Waals surface area contributed by atoms with Gasteiger partial charge >= 0.3 is 5.97 Å². The highest BCUT2D eigenvalue weighted by Gasteiger charge is 2.08. The molecule has 0 aliphatic heterocycles. The van der Waals surface area contributed by atoms with Gasteiger partial charge in [-0.3, -0.25) is 0 Å². The van der Waals surface area contributed by atoms with Crippen LogP contribution in [-0.4, -0.2) is 11.1 Å². The molecule has 1 N–H and O–H groups in total. The molecule has 6 heteroatoms. The molecule has 2 aromatic carbocycles. The third-order valence-corrected chi connectivity index (χ3v) is 3.54. The van der Waals surface area contributed by atoms with Crippen molar-refractivity contribution in [2.24, 2.45) is 0 Å². The quantitative estimate of drug-likeness (QED) is 0.873. The van der Waals surface area contributed by atoms with Gasteiger partial charge in [-0.1, -0.05) is 17.7 Å². The van der Waals surface area contributed by atoms with Gasteiger partial charge in [0, 0.05) is 10.6 Å². The largest absolute Gasteiger partial charge is 0.489 e. The second-order valence-electron chi connectivity index (χ2n) is 3.98. The molecule has 0 saturated carbocycles. The summed E-state index contributed by atoms with van der Waals surface area (Å²) in [6, 6.07) is 8.70. The van der Waals surface area contributed by atoms with Crippen molar-refractivity contribution in [3.63, 3.8) is 0 Å². The SMILES string of the molecule is O=C(O)c1ccc(COc2ccc(F)c(Br)c2)c(Cl)c1. The molecule has 0 atom stereocenters. The average Bonchev–Trinajstić information content (AvgIpc) is 2.41. The van der Waals surface area contributed by atoms with Crippen LogP contribution in [0.25, 0.3) is 0 Å². The summed E-state index contributed by atoms with van der Waals surface area (Å²) in [5.41, 5.74) is 0.764. The molecule has 0 heterocycles. The van der Waals surface area contributed by atoms with Crippen LogP contribution in [0.15, 0.2) is 40.9 Å². The van der Waals surface area contributed by atoms with Crippen molar-refractivity contribution in [2.45, 2.75) is 6.61 Å². The Balaban J connectivity index is 2.10. The van der Waals surface area contributed by atoms with Gasteiger partial charge in [-0.2, -0.15) is 0 Å². The summed E-state index contributed by atoms with van der Waals surface area (Å²) in [5.74, 6) is -0.931. The molecule has 20 heavy (non-hydrogen) atoms. The minimum atomic E-state index is -1.04. The van der Waals surface area contributed by atoms with E-state index in [4.69, 9.17) is 21.4 Å². The fraction of sp³-hybridized carbons (Fsp3) is 0.0714. The number of halogens is 3. The van der Waals surface area contributed by atoms with Gasteiger partial charge in [0.15, 0.2) is 0 Å². The molecular weight excluding hydrogens is 351 g/mol. The molecule has 0 aliphatic rings. The van der Waals surface area contributed by atoms with E-state index in [1.54, 1.807) is 6.07 Å². The standard InChI is InChI=1S/C14H9BrClFO3/c15-11-6-10(3-4-13(11)17)20-7-9-2-1-8(14(18)19)5-12(9)16/h1-6H,7H2,(H,18,19). The van der Waals surface area contributed by atoms with Gasteiger partial charge in [-0.25, -0.2) is 9.18 Å². The van der Waals surface area contributed by atoms with Crippen molar-refractivity contribution >= 4 is 33.5 Å². The summed E-state index contributed by atoms with van der Waals surface area (Å²) in [5, 5.41) is 9.15. The van der Waals surface area contributed by atoms with E-state index in [2.05, 4.69) is 15.9 Å². The van der Waals surface area contributed by atoms with E-state index in [9.17, 15) is 9.18 Å². The smallest absolute Gasteiger partial charge is 0.335 e. The van der Waals surface area contributed by atoms with Gasteiger partial charge in [0.1, 0.15) is 18.2 Å². The van der Waals surface area contributed by atoms with Crippen LogP contribution in [0.3, 0.4) is 0 Å². The zero-order valence-electron chi connectivity index (χ0n) is 10.1. The van der Waals surface area contributed by atoms with E-state index in [1.165, 1.54) is 30.3 Å². The molecule has 0 bridgehead atoms. The van der Waals surface area contributed by atoms with E-state index in [-0.39, 0.29) is 18.0 Å². The number of hydrogen-bond acceptors (Lipinski definition) is 2. The molecule has 0 spiro atoms. The van der Waals surface area contributed by atoms with Crippen LogP contribution in [0.5, 0.6) is 5.75 Å². The summed E-state index contributed by atoms with van der Waals surface area (Å²) >= 11 is 9.05. The molecule has 2 rings (SSSR count). The Hall–Kier alpha value is -1.59. The van der Waals surface area contributed by atoms with Crippen molar-refractivity contribution in [3.05, 3.63) is 62.8 Å². The lowest BCUT2D eigenvalue weighted by atomic mass is 10.1. The number of carboxylic acids is 1. The molecule has 0 fully saturated rings. The highest BCUT2D eigenvalue weighted by molar-refractivity contribution is 9.10. The predicted octanol–water partition coefficient (Wildman–Crippen LogP) is 4.52. The van der Waals surface area contributed by atoms with Crippen LogP contribution in [0.2, 0.25) is 5.02 Å². The van der Waals surface area contributed by atoms with Crippen molar-refractivity contribution in [1.29, 1.82) is 0 Å². The number of rotatable bonds is 4. The first-order valence-electron chi connectivity index (χ1n) is 5.57. The Bertz CT molecular complexity index is 661. The molecule has 104 valence electrons. The van der Waals surface area contributed by atoms with Crippen LogP contribution in [-0.2, 0) is 6.61 Å². The maximum Gasteiger partial charge on any atom is 0.335 e. The Labute approximate surface area is 128 Å². The summed E-state index contributed by atoms with van der Waals surface area (Å²) in [6.45, 7) is 0.163. The normalized spacial score (nSPS) is 10.3. The Morgan fingerprint density at radius 1 is 1.30 bits per heavy atom. The summed E-state index contributed by atoms with van der Waals surface area (Å²) in [7, 11) is 0. The van der Waals surface area contributed by atoms with Crippen molar-refractivity contribution in [2.75, 3.05) is 0 Å². The van der Waals surface area contributed by atoms with Gasteiger partial charge in [0.05, 0.1) is 10.0 Å². The topological polar surface area (TPSA) is 46.5 Å². The average molecular weight is 360 g/mol. The fourth-order valence-electron chi connectivity index (χ4n) is 1.53. The van der Waals surface area contributed by atoms with Gasteiger partial charge in [0.25, 0.3) is 0 Å². The van der Waals surface area contributed by atoms with Crippen molar-refractivity contribution in [1.82, 2.24) is 0 Å². The first-order valence-corrected chi connectivity index (χ1v) is 6.74. The number of aromatic carboxylic acids is 1. The third-order valence-electron chi connectivity index (χ3n) is 2.59. The molecular formula is C14H9BrClFO3. The summed E-state index contributed by atoms with van der Waals surface area (Å²) < 4.78 is 18.9. The highest BCUT2D eigenvalue weighted by Crippen LogP contribution is 2.24. The first kappa shape index (κ1) is 14.8. The van der Waals surface area contributed by atoms with Crippen LogP contribution in [0, 0.1) is 5.82 Å². The lowest BCUT2D eigenvalue weighted by Crippen LogP contribution is -2.00. The van der Waals surface area contributed by atoms with Gasteiger partial charge in [0.2, 0.25) is 0 Å². The van der Waals surface area contributed by atoms with Gasteiger partial charge in [-0.15, -0.1) is 0 Å². The van der Waals surface area contributed by atoms with Crippen molar-refractivity contribution < 1.29 is 19.0 Å². The monoisotopic (exact) mass is 358 g/mol. The second-order valence-corrected chi connectivity index (χ2v) is 5.24. The number of carboxylic acid groups (broad SMARTS) is 1. The lowest BCUT2D eigenvalue weighted by Gasteiger charge is -2.09. The zero-order valence-corrected chi connectivity index (χ0v) is 12.4. The first-order chi connectivity index (χ1) is 9.47. The molecule has 2 aromatic rings. The van der Waals surface area contributed by atoms with Crippen molar-refractivity contribution in [3.8, 4) is 5.75 Å². The molecule has 0 amide bonds. The molecule has 0 aromatic heterocycles. The highest BCUT2D eigenvalue weighted by atomic mass is 79.9. The Morgan fingerprint density at radius 3 is 2.65 bits per heavy atom. The van der Waals surface area contributed by atoms with Crippen LogP contribution >= 0.6 is 27.5 Å². The van der Waals surface area contributed by atoms with E-state index in [0.29, 0.717) is 20.8 Å². The van der Waals surface area contributed by atoms with Gasteiger partial charge < -0.3 is 9.84 Å². The Kier molecular flexibility index (Phi) is 4.62. The number of hydrogen-bond donors (Lipinski definition) is 1. The summed E-state index contributed by atoms with van der Waals surface area (Å²) in [4.78, 5) is 10.8. The van der Waals surface area contributed by atoms with E-state index in [0.717, 1.165) is 0 Å². The number of ether oxygens (including phenoxy) is 1. The molecule has 0 unspecified atom stereocenters. The van der Waals surface area contributed by atoms with Crippen LogP contribution < -0.4 is 4.74 Å². The van der Waals surface area contributed by atoms with Crippen LogP contribution in [0.4, 0.5) is 4.39 Å². The fourth-order valence-corrected chi connectivity index (χ4v) is 2.12. The predicted molar refractivity (Wildman–Crippen MR) is 76.8 cm³/mol.